The van der Waals surface area contributed by atoms with Crippen molar-refractivity contribution in [2.75, 3.05) is 7.11 Å². The van der Waals surface area contributed by atoms with Gasteiger partial charge in [-0.25, -0.2) is 13.6 Å². The van der Waals surface area contributed by atoms with Crippen LogP contribution >= 0.6 is 0 Å². The van der Waals surface area contributed by atoms with Gasteiger partial charge in [0.25, 0.3) is 0 Å². The zero-order valence-corrected chi connectivity index (χ0v) is 10.2. The number of carbonyl (C=O) groups excluding carboxylic acids is 1. The van der Waals surface area contributed by atoms with E-state index < -0.39 is 34.6 Å². The summed E-state index contributed by atoms with van der Waals surface area (Å²) in [4.78, 5) is 22.7. The Labute approximate surface area is 108 Å². The van der Waals surface area contributed by atoms with Crippen molar-refractivity contribution in [1.82, 2.24) is 0 Å². The zero-order valence-electron chi connectivity index (χ0n) is 10.2. The normalized spacial score (nSPS) is 16.6. The van der Waals surface area contributed by atoms with Crippen molar-refractivity contribution in [2.45, 2.75) is 24.7 Å². The van der Waals surface area contributed by atoms with E-state index in [4.69, 9.17) is 0 Å². The zero-order chi connectivity index (χ0) is 14.2. The van der Waals surface area contributed by atoms with E-state index in [2.05, 4.69) is 4.74 Å². The summed E-state index contributed by atoms with van der Waals surface area (Å²) < 4.78 is 31.4. The molecular weight excluding hydrogens is 258 g/mol. The topological polar surface area (TPSA) is 63.6 Å². The molecular formula is C13H12F2O4. The number of carbonyl (C=O) groups is 2. The number of hydrogen-bond donors (Lipinski definition) is 1. The van der Waals surface area contributed by atoms with Crippen molar-refractivity contribution in [3.8, 4) is 0 Å². The van der Waals surface area contributed by atoms with E-state index in [0.717, 1.165) is 19.2 Å². The maximum Gasteiger partial charge on any atom is 0.340 e. The van der Waals surface area contributed by atoms with Crippen molar-refractivity contribution >= 4 is 11.9 Å². The van der Waals surface area contributed by atoms with Crippen LogP contribution in [0.5, 0.6) is 0 Å². The minimum atomic E-state index is -1.32. The van der Waals surface area contributed by atoms with E-state index in [1.54, 1.807) is 0 Å². The van der Waals surface area contributed by atoms with Crippen molar-refractivity contribution in [3.63, 3.8) is 0 Å². The Kier molecular flexibility index (Phi) is 3.26. The Morgan fingerprint density at radius 1 is 1.32 bits per heavy atom. The summed E-state index contributed by atoms with van der Waals surface area (Å²) in [5.74, 6) is -4.69. The number of carboxylic acid groups (broad SMARTS) is 1. The predicted molar refractivity (Wildman–Crippen MR) is 60.9 cm³/mol. The SMILES string of the molecule is COC(=O)c1cc(C2(C(=O)O)CCC2)cc(F)c1F. The number of hydrogen-bond acceptors (Lipinski definition) is 3. The lowest BCUT2D eigenvalue weighted by Gasteiger charge is -2.38. The summed E-state index contributed by atoms with van der Waals surface area (Å²) in [7, 11) is 1.04. The molecule has 2 rings (SSSR count). The van der Waals surface area contributed by atoms with Gasteiger partial charge < -0.3 is 9.84 Å². The number of methoxy groups -OCH3 is 1. The molecule has 0 spiro atoms. The van der Waals surface area contributed by atoms with Crippen molar-refractivity contribution in [1.29, 1.82) is 0 Å². The van der Waals surface area contributed by atoms with Crippen molar-refractivity contribution in [3.05, 3.63) is 34.9 Å². The van der Waals surface area contributed by atoms with Crippen LogP contribution in [-0.4, -0.2) is 24.2 Å². The molecule has 0 unspecified atom stereocenters. The highest BCUT2D eigenvalue weighted by Gasteiger charge is 2.46. The van der Waals surface area contributed by atoms with Gasteiger partial charge in [-0.15, -0.1) is 0 Å². The first-order chi connectivity index (χ1) is 8.92. The van der Waals surface area contributed by atoms with E-state index in [1.165, 1.54) is 0 Å². The van der Waals surface area contributed by atoms with Crippen LogP contribution in [0.15, 0.2) is 12.1 Å². The van der Waals surface area contributed by atoms with Gasteiger partial charge in [-0.05, 0) is 30.5 Å². The Morgan fingerprint density at radius 2 is 1.95 bits per heavy atom. The van der Waals surface area contributed by atoms with E-state index >= 15 is 0 Å². The fraction of sp³-hybridized carbons (Fsp3) is 0.385. The highest BCUT2D eigenvalue weighted by atomic mass is 19.2. The Balaban J connectivity index is 2.57. The number of ether oxygens (including phenoxy) is 1. The van der Waals surface area contributed by atoms with E-state index in [1.807, 2.05) is 0 Å². The molecule has 19 heavy (non-hydrogen) atoms. The Morgan fingerprint density at radius 3 is 2.37 bits per heavy atom. The average molecular weight is 270 g/mol. The number of benzene rings is 1. The van der Waals surface area contributed by atoms with Gasteiger partial charge >= 0.3 is 11.9 Å². The molecule has 0 saturated heterocycles. The second-order valence-electron chi connectivity index (χ2n) is 4.55. The van der Waals surface area contributed by atoms with E-state index in [9.17, 15) is 23.5 Å². The van der Waals surface area contributed by atoms with Crippen molar-refractivity contribution in [2.24, 2.45) is 0 Å². The number of halogens is 2. The van der Waals surface area contributed by atoms with Gasteiger partial charge in [0, 0.05) is 0 Å². The maximum atomic E-state index is 13.5. The molecule has 0 heterocycles. The third-order valence-electron chi connectivity index (χ3n) is 3.60. The lowest BCUT2D eigenvalue weighted by Crippen LogP contribution is -2.42. The number of rotatable bonds is 3. The summed E-state index contributed by atoms with van der Waals surface area (Å²) in [6.45, 7) is 0. The fourth-order valence-electron chi connectivity index (χ4n) is 2.28. The van der Waals surface area contributed by atoms with Gasteiger partial charge in [0.2, 0.25) is 0 Å². The van der Waals surface area contributed by atoms with E-state index in [0.29, 0.717) is 19.3 Å². The molecule has 0 atom stereocenters. The molecule has 0 aliphatic heterocycles. The molecule has 1 aromatic rings. The highest BCUT2D eigenvalue weighted by Crippen LogP contribution is 2.44. The minimum Gasteiger partial charge on any atom is -0.481 e. The predicted octanol–water partition coefficient (Wildman–Crippen LogP) is 2.26. The molecule has 0 bridgehead atoms. The van der Waals surface area contributed by atoms with Crippen molar-refractivity contribution < 1.29 is 28.2 Å². The molecule has 0 amide bonds. The quantitative estimate of drug-likeness (QED) is 0.856. The number of aliphatic carboxylic acids is 1. The van der Waals surface area contributed by atoms with Gasteiger partial charge in [-0.1, -0.05) is 6.42 Å². The van der Waals surface area contributed by atoms with Crippen LogP contribution < -0.4 is 0 Å². The molecule has 1 fully saturated rings. The van der Waals surface area contributed by atoms with Gasteiger partial charge in [0.1, 0.15) is 0 Å². The third kappa shape index (κ3) is 1.97. The monoisotopic (exact) mass is 270 g/mol. The first-order valence-electron chi connectivity index (χ1n) is 5.73. The fourth-order valence-corrected chi connectivity index (χ4v) is 2.28. The molecule has 1 aliphatic carbocycles. The van der Waals surface area contributed by atoms with Gasteiger partial charge in [0.05, 0.1) is 18.1 Å². The minimum absolute atomic E-state index is 0.102. The van der Waals surface area contributed by atoms with E-state index in [-0.39, 0.29) is 5.56 Å². The molecule has 0 aromatic heterocycles. The summed E-state index contributed by atoms with van der Waals surface area (Å²) in [5, 5.41) is 9.25. The second kappa shape index (κ2) is 4.60. The lowest BCUT2D eigenvalue weighted by molar-refractivity contribution is -0.147. The van der Waals surface area contributed by atoms with Gasteiger partial charge in [-0.3, -0.25) is 4.79 Å². The summed E-state index contributed by atoms with van der Waals surface area (Å²) in [5.41, 5.74) is -1.70. The summed E-state index contributed by atoms with van der Waals surface area (Å²) in [6, 6.07) is 1.91. The van der Waals surface area contributed by atoms with Gasteiger partial charge in [-0.2, -0.15) is 0 Å². The first kappa shape index (κ1) is 13.5. The molecule has 4 nitrogen and oxygen atoms in total. The average Bonchev–Trinajstić information content (AvgIpc) is 2.30. The second-order valence-corrected chi connectivity index (χ2v) is 4.55. The van der Waals surface area contributed by atoms with Crippen LogP contribution in [-0.2, 0) is 14.9 Å². The van der Waals surface area contributed by atoms with Crippen LogP contribution in [0.1, 0.15) is 35.2 Å². The standard InChI is InChI=1S/C13H12F2O4/c1-19-11(16)8-5-7(6-9(14)10(8)15)13(12(17)18)3-2-4-13/h5-6H,2-4H2,1H3,(H,17,18). The highest BCUT2D eigenvalue weighted by molar-refractivity contribution is 5.91. The first-order valence-corrected chi connectivity index (χ1v) is 5.73. The molecule has 0 radical (unpaired) electrons. The number of carboxylic acids is 1. The molecule has 6 heteroatoms. The third-order valence-corrected chi connectivity index (χ3v) is 3.60. The smallest absolute Gasteiger partial charge is 0.340 e. The van der Waals surface area contributed by atoms with Crippen LogP contribution in [0.3, 0.4) is 0 Å². The van der Waals surface area contributed by atoms with Crippen LogP contribution in [0.2, 0.25) is 0 Å². The van der Waals surface area contributed by atoms with Crippen LogP contribution in [0, 0.1) is 11.6 Å². The number of esters is 1. The maximum absolute atomic E-state index is 13.5. The molecule has 102 valence electrons. The van der Waals surface area contributed by atoms with Crippen LogP contribution in [0.25, 0.3) is 0 Å². The Hall–Kier alpha value is -1.98. The molecule has 1 aromatic carbocycles. The van der Waals surface area contributed by atoms with Crippen LogP contribution in [0.4, 0.5) is 8.78 Å². The molecule has 1 aliphatic rings. The molecule has 1 N–H and O–H groups in total. The lowest BCUT2D eigenvalue weighted by atomic mass is 9.64. The van der Waals surface area contributed by atoms with Gasteiger partial charge in [0.15, 0.2) is 11.6 Å². The Bertz CT molecular complexity index is 550. The summed E-state index contributed by atoms with van der Waals surface area (Å²) >= 11 is 0. The molecule has 1 saturated carbocycles. The summed E-state index contributed by atoms with van der Waals surface area (Å²) in [6.07, 6.45) is 1.38. The largest absolute Gasteiger partial charge is 0.481 e.